The summed E-state index contributed by atoms with van der Waals surface area (Å²) in [5.41, 5.74) is 5.10. The molecule has 0 bridgehead atoms. The van der Waals surface area contributed by atoms with Crippen LogP contribution in [0.25, 0.3) is 0 Å². The molecule has 2 heterocycles. The molecule has 0 aliphatic carbocycles. The average Bonchev–Trinajstić information content (AvgIpc) is 2.85. The van der Waals surface area contributed by atoms with Crippen molar-refractivity contribution < 1.29 is 0 Å². The minimum atomic E-state index is -0.100. The Morgan fingerprint density at radius 3 is 2.09 bits per heavy atom. The predicted octanol–water partition coefficient (Wildman–Crippen LogP) is 4.53. The average molecular weight is 423 g/mol. The third kappa shape index (κ3) is 4.48. The van der Waals surface area contributed by atoms with Gasteiger partial charge in [0.05, 0.1) is 17.3 Å². The third-order valence-electron chi connectivity index (χ3n) is 5.94. The lowest BCUT2D eigenvalue weighted by molar-refractivity contribution is 0.242. The Morgan fingerprint density at radius 1 is 0.875 bits per heavy atom. The quantitative estimate of drug-likeness (QED) is 0.479. The normalized spacial score (nSPS) is 13.7. The van der Waals surface area contributed by atoms with E-state index in [1.165, 1.54) is 5.56 Å². The van der Waals surface area contributed by atoms with Crippen molar-refractivity contribution in [3.8, 4) is 0 Å². The summed E-state index contributed by atoms with van der Waals surface area (Å²) >= 11 is 0. The summed E-state index contributed by atoms with van der Waals surface area (Å²) in [6.07, 6.45) is 0.766. The number of fused-ring (bicyclic) bond motifs is 1. The van der Waals surface area contributed by atoms with Crippen LogP contribution in [0.15, 0.2) is 95.8 Å². The highest BCUT2D eigenvalue weighted by atomic mass is 16.1. The van der Waals surface area contributed by atoms with Crippen molar-refractivity contribution >= 4 is 5.95 Å². The molecule has 2 N–H and O–H groups in total. The minimum Gasteiger partial charge on any atom is -0.345 e. The van der Waals surface area contributed by atoms with Crippen LogP contribution >= 0.6 is 0 Å². The third-order valence-corrected chi connectivity index (χ3v) is 5.94. The summed E-state index contributed by atoms with van der Waals surface area (Å²) in [5.74, 6) is 0.517. The first-order valence-corrected chi connectivity index (χ1v) is 11.0. The van der Waals surface area contributed by atoms with E-state index in [9.17, 15) is 4.79 Å². The summed E-state index contributed by atoms with van der Waals surface area (Å²) in [6.45, 7) is 2.34. The fraction of sp³-hybridized carbons (Fsp3) is 0.185. The van der Waals surface area contributed by atoms with Gasteiger partial charge in [0.15, 0.2) is 0 Å². The summed E-state index contributed by atoms with van der Waals surface area (Å²) in [7, 11) is 0. The zero-order valence-electron chi connectivity index (χ0n) is 17.9. The first-order valence-electron chi connectivity index (χ1n) is 11.0. The largest absolute Gasteiger partial charge is 0.345 e. The number of nitrogens with one attached hydrogen (secondary N) is 2. The van der Waals surface area contributed by atoms with E-state index in [1.54, 1.807) is 0 Å². The molecule has 0 saturated heterocycles. The van der Waals surface area contributed by atoms with Crippen LogP contribution < -0.4 is 10.9 Å². The van der Waals surface area contributed by atoms with Gasteiger partial charge in [0.2, 0.25) is 5.95 Å². The number of benzene rings is 3. The van der Waals surface area contributed by atoms with Crippen molar-refractivity contribution in [1.82, 2.24) is 14.9 Å². The summed E-state index contributed by atoms with van der Waals surface area (Å²) in [6, 6.07) is 30.7. The molecule has 0 saturated carbocycles. The van der Waals surface area contributed by atoms with Gasteiger partial charge in [-0.15, -0.1) is 0 Å². The Morgan fingerprint density at radius 2 is 1.47 bits per heavy atom. The Labute approximate surface area is 187 Å². The number of aromatic nitrogens is 2. The molecule has 32 heavy (non-hydrogen) atoms. The van der Waals surface area contributed by atoms with Gasteiger partial charge in [0, 0.05) is 26.1 Å². The maximum Gasteiger partial charge on any atom is 0.257 e. The molecule has 4 aromatic rings. The van der Waals surface area contributed by atoms with Crippen LogP contribution in [0.1, 0.15) is 34.0 Å². The maximum absolute atomic E-state index is 13.0. The van der Waals surface area contributed by atoms with Gasteiger partial charge in [0.1, 0.15) is 0 Å². The molecule has 0 fully saturated rings. The van der Waals surface area contributed by atoms with Gasteiger partial charge in [0.25, 0.3) is 5.56 Å². The van der Waals surface area contributed by atoms with E-state index in [4.69, 9.17) is 4.98 Å². The lowest BCUT2D eigenvalue weighted by Crippen LogP contribution is -2.35. The zero-order chi connectivity index (χ0) is 21.8. The number of hydrogen-bond donors (Lipinski definition) is 2. The van der Waals surface area contributed by atoms with Crippen molar-refractivity contribution in [2.75, 3.05) is 11.9 Å². The molecule has 5 rings (SSSR count). The van der Waals surface area contributed by atoms with E-state index in [2.05, 4.69) is 63.7 Å². The van der Waals surface area contributed by atoms with E-state index in [0.29, 0.717) is 12.5 Å². The molecule has 0 radical (unpaired) electrons. The number of nitrogens with zero attached hydrogens (tertiary/aromatic N) is 2. The zero-order valence-corrected chi connectivity index (χ0v) is 17.9. The van der Waals surface area contributed by atoms with Crippen LogP contribution in [-0.2, 0) is 19.5 Å². The van der Waals surface area contributed by atoms with Crippen LogP contribution in [0.5, 0.6) is 0 Å². The van der Waals surface area contributed by atoms with Crippen LogP contribution in [0.2, 0.25) is 0 Å². The molecule has 0 atom stereocenters. The number of hydrogen-bond acceptors (Lipinski definition) is 4. The van der Waals surface area contributed by atoms with Gasteiger partial charge >= 0.3 is 0 Å². The van der Waals surface area contributed by atoms with Crippen LogP contribution in [0, 0.1) is 0 Å². The molecule has 5 heteroatoms. The lowest BCUT2D eigenvalue weighted by atomic mass is 9.99. The first-order chi connectivity index (χ1) is 15.8. The molecular weight excluding hydrogens is 396 g/mol. The summed E-state index contributed by atoms with van der Waals surface area (Å²) in [4.78, 5) is 23.1. The molecular formula is C27H26N4O. The first kappa shape index (κ1) is 20.2. The second kappa shape index (κ2) is 9.20. The standard InChI is InChI=1S/C27H26N4O/c32-26-23-19-31(18-20-10-4-1-5-11-20)17-16-24(23)28-27(30-26)29-25(21-12-6-2-7-13-21)22-14-8-3-9-15-22/h1-15,25H,16-19H2,(H2,28,29,30,32). The van der Waals surface area contributed by atoms with E-state index in [0.717, 1.165) is 41.9 Å². The molecule has 160 valence electrons. The van der Waals surface area contributed by atoms with Crippen molar-refractivity contribution in [2.45, 2.75) is 25.6 Å². The van der Waals surface area contributed by atoms with Crippen molar-refractivity contribution in [3.63, 3.8) is 0 Å². The summed E-state index contributed by atoms with van der Waals surface area (Å²) < 4.78 is 0. The Hall–Kier alpha value is -3.70. The van der Waals surface area contributed by atoms with Crippen LogP contribution in [-0.4, -0.2) is 21.4 Å². The Bertz CT molecular complexity index is 1180. The maximum atomic E-state index is 13.0. The SMILES string of the molecule is O=c1[nH]c(NC(c2ccccc2)c2ccccc2)nc2c1CN(Cc1ccccc1)CC2. The van der Waals surface area contributed by atoms with Crippen LogP contribution in [0.3, 0.4) is 0 Å². The second-order valence-electron chi connectivity index (χ2n) is 8.18. The van der Waals surface area contributed by atoms with Gasteiger partial charge in [-0.1, -0.05) is 91.0 Å². The highest BCUT2D eigenvalue weighted by Crippen LogP contribution is 2.26. The Kier molecular flexibility index (Phi) is 5.81. The van der Waals surface area contributed by atoms with E-state index in [-0.39, 0.29) is 11.6 Å². The molecule has 1 aromatic heterocycles. The van der Waals surface area contributed by atoms with Gasteiger partial charge in [-0.2, -0.15) is 0 Å². The Balaban J connectivity index is 1.39. The topological polar surface area (TPSA) is 61.0 Å². The minimum absolute atomic E-state index is 0.0601. The number of aromatic amines is 1. The second-order valence-corrected chi connectivity index (χ2v) is 8.18. The monoisotopic (exact) mass is 422 g/mol. The van der Waals surface area contributed by atoms with E-state index < -0.39 is 0 Å². The molecule has 0 amide bonds. The van der Waals surface area contributed by atoms with Crippen molar-refractivity contribution in [1.29, 1.82) is 0 Å². The number of rotatable bonds is 6. The highest BCUT2D eigenvalue weighted by Gasteiger charge is 2.22. The van der Waals surface area contributed by atoms with Gasteiger partial charge in [-0.3, -0.25) is 14.7 Å². The molecule has 0 unspecified atom stereocenters. The molecule has 3 aromatic carbocycles. The predicted molar refractivity (Wildman–Crippen MR) is 127 cm³/mol. The van der Waals surface area contributed by atoms with Crippen molar-refractivity contribution in [2.24, 2.45) is 0 Å². The van der Waals surface area contributed by atoms with E-state index >= 15 is 0 Å². The highest BCUT2D eigenvalue weighted by molar-refractivity contribution is 5.42. The molecule has 5 nitrogen and oxygen atoms in total. The number of anilines is 1. The van der Waals surface area contributed by atoms with Gasteiger partial charge in [-0.05, 0) is 16.7 Å². The fourth-order valence-corrected chi connectivity index (χ4v) is 4.31. The van der Waals surface area contributed by atoms with Crippen molar-refractivity contribution in [3.05, 3.63) is 129 Å². The molecule has 0 spiro atoms. The molecule has 1 aliphatic rings. The molecule has 1 aliphatic heterocycles. The van der Waals surface area contributed by atoms with Crippen LogP contribution in [0.4, 0.5) is 5.95 Å². The number of H-pyrrole nitrogens is 1. The van der Waals surface area contributed by atoms with E-state index in [1.807, 2.05) is 42.5 Å². The van der Waals surface area contributed by atoms with Gasteiger partial charge < -0.3 is 5.32 Å². The summed E-state index contributed by atoms with van der Waals surface area (Å²) in [5, 5.41) is 3.47. The lowest BCUT2D eigenvalue weighted by Gasteiger charge is -2.28. The van der Waals surface area contributed by atoms with Gasteiger partial charge in [-0.25, -0.2) is 4.98 Å². The smallest absolute Gasteiger partial charge is 0.257 e. The fourth-order valence-electron chi connectivity index (χ4n) is 4.31.